The van der Waals surface area contributed by atoms with Crippen LogP contribution in [0.2, 0.25) is 0 Å². The van der Waals surface area contributed by atoms with E-state index in [1.807, 2.05) is 0 Å². The van der Waals surface area contributed by atoms with Crippen LogP contribution in [-0.2, 0) is 10.0 Å². The number of nitrogens with one attached hydrogen (secondary N) is 1. The van der Waals surface area contributed by atoms with Crippen LogP contribution >= 0.6 is 0 Å². The van der Waals surface area contributed by atoms with Gasteiger partial charge in [-0.05, 0) is 56.5 Å². The fraction of sp³-hybridized carbons (Fsp3) is 0.600. The lowest BCUT2D eigenvalue weighted by atomic mass is 10.0. The highest BCUT2D eigenvalue weighted by Gasteiger charge is 2.18. The first-order valence-corrected chi connectivity index (χ1v) is 9.04. The number of rotatable bonds is 6. The molecule has 0 amide bonds. The highest BCUT2D eigenvalue weighted by Crippen LogP contribution is 2.16. The SMILES string of the molecule is C[C@H]1CCCN(CCCNS(=O)(=O)c2ccc(F)c(F)c2)C1. The van der Waals surface area contributed by atoms with E-state index < -0.39 is 21.7 Å². The quantitative estimate of drug-likeness (QED) is 0.814. The molecule has 1 fully saturated rings. The molecule has 0 aromatic heterocycles. The maximum Gasteiger partial charge on any atom is 0.240 e. The van der Waals surface area contributed by atoms with Gasteiger partial charge in [0.05, 0.1) is 4.90 Å². The Bertz CT molecular complexity index is 608. The van der Waals surface area contributed by atoms with Crippen LogP contribution in [0.4, 0.5) is 8.78 Å². The van der Waals surface area contributed by atoms with Gasteiger partial charge < -0.3 is 4.90 Å². The van der Waals surface area contributed by atoms with Gasteiger partial charge in [-0.3, -0.25) is 0 Å². The highest BCUT2D eigenvalue weighted by molar-refractivity contribution is 7.89. The Morgan fingerprint density at radius 2 is 2.09 bits per heavy atom. The van der Waals surface area contributed by atoms with E-state index in [0.29, 0.717) is 18.4 Å². The number of hydrogen-bond donors (Lipinski definition) is 1. The number of hydrogen-bond acceptors (Lipinski definition) is 3. The minimum Gasteiger partial charge on any atom is -0.303 e. The van der Waals surface area contributed by atoms with Crippen molar-refractivity contribution in [2.24, 2.45) is 5.92 Å². The van der Waals surface area contributed by atoms with E-state index in [-0.39, 0.29) is 11.4 Å². The molecule has 4 nitrogen and oxygen atoms in total. The van der Waals surface area contributed by atoms with E-state index in [1.54, 1.807) is 0 Å². The van der Waals surface area contributed by atoms with Crippen molar-refractivity contribution < 1.29 is 17.2 Å². The molecule has 0 aliphatic carbocycles. The number of sulfonamides is 1. The van der Waals surface area contributed by atoms with Gasteiger partial charge in [0.2, 0.25) is 10.0 Å². The first-order chi connectivity index (χ1) is 10.4. The summed E-state index contributed by atoms with van der Waals surface area (Å²) in [6.07, 6.45) is 3.12. The van der Waals surface area contributed by atoms with Gasteiger partial charge in [0.25, 0.3) is 0 Å². The van der Waals surface area contributed by atoms with Crippen LogP contribution in [0.1, 0.15) is 26.2 Å². The molecule has 124 valence electrons. The summed E-state index contributed by atoms with van der Waals surface area (Å²) in [4.78, 5) is 2.08. The number of halogens is 2. The number of likely N-dealkylation sites (tertiary alicyclic amines) is 1. The number of benzene rings is 1. The first kappa shape index (κ1) is 17.3. The monoisotopic (exact) mass is 332 g/mol. The summed E-state index contributed by atoms with van der Waals surface area (Å²) >= 11 is 0. The molecule has 1 atom stereocenters. The van der Waals surface area contributed by atoms with E-state index in [0.717, 1.165) is 31.8 Å². The molecule has 1 N–H and O–H groups in total. The molecule has 1 saturated heterocycles. The second-order valence-corrected chi connectivity index (χ2v) is 7.64. The predicted octanol–water partition coefficient (Wildman–Crippen LogP) is 2.37. The van der Waals surface area contributed by atoms with Crippen molar-refractivity contribution in [3.05, 3.63) is 29.8 Å². The van der Waals surface area contributed by atoms with Gasteiger partial charge in [0.1, 0.15) is 0 Å². The maximum atomic E-state index is 13.1. The standard InChI is InChI=1S/C15H22F2N2O2S/c1-12-4-2-8-19(11-12)9-3-7-18-22(20,21)13-5-6-14(16)15(17)10-13/h5-6,10,12,18H,2-4,7-9,11H2,1H3/t12-/m0/s1. The van der Waals surface area contributed by atoms with Crippen LogP contribution in [0.25, 0.3) is 0 Å². The van der Waals surface area contributed by atoms with Gasteiger partial charge in [-0.1, -0.05) is 6.92 Å². The molecular weight excluding hydrogens is 310 g/mol. The fourth-order valence-electron chi connectivity index (χ4n) is 2.73. The van der Waals surface area contributed by atoms with Gasteiger partial charge in [0, 0.05) is 13.1 Å². The summed E-state index contributed by atoms with van der Waals surface area (Å²) in [5.74, 6) is -1.53. The smallest absolute Gasteiger partial charge is 0.240 e. The third-order valence-corrected chi connectivity index (χ3v) is 5.34. The van der Waals surface area contributed by atoms with E-state index in [2.05, 4.69) is 16.5 Å². The van der Waals surface area contributed by atoms with Gasteiger partial charge in [-0.15, -0.1) is 0 Å². The molecule has 2 rings (SSSR count). The third-order valence-electron chi connectivity index (χ3n) is 3.89. The minimum atomic E-state index is -3.79. The van der Waals surface area contributed by atoms with Crippen molar-refractivity contribution in [1.82, 2.24) is 9.62 Å². The van der Waals surface area contributed by atoms with Crippen molar-refractivity contribution in [1.29, 1.82) is 0 Å². The zero-order valence-corrected chi connectivity index (χ0v) is 13.5. The van der Waals surface area contributed by atoms with Crippen LogP contribution < -0.4 is 4.72 Å². The Labute approximate surface area is 130 Å². The van der Waals surface area contributed by atoms with Crippen LogP contribution in [0.5, 0.6) is 0 Å². The lowest BCUT2D eigenvalue weighted by Gasteiger charge is -2.30. The fourth-order valence-corrected chi connectivity index (χ4v) is 3.81. The van der Waals surface area contributed by atoms with Crippen molar-refractivity contribution >= 4 is 10.0 Å². The highest BCUT2D eigenvalue weighted by atomic mass is 32.2. The molecule has 1 aliphatic heterocycles. The predicted molar refractivity (Wildman–Crippen MR) is 81.0 cm³/mol. The van der Waals surface area contributed by atoms with E-state index in [9.17, 15) is 17.2 Å². The van der Waals surface area contributed by atoms with E-state index >= 15 is 0 Å². The molecule has 22 heavy (non-hydrogen) atoms. The molecule has 7 heteroatoms. The van der Waals surface area contributed by atoms with Gasteiger partial charge >= 0.3 is 0 Å². The molecule has 1 aliphatic rings. The Morgan fingerprint density at radius 1 is 1.32 bits per heavy atom. The molecule has 1 heterocycles. The van der Waals surface area contributed by atoms with E-state index in [1.165, 1.54) is 12.8 Å². The largest absolute Gasteiger partial charge is 0.303 e. The van der Waals surface area contributed by atoms with Crippen molar-refractivity contribution in [3.8, 4) is 0 Å². The summed E-state index contributed by atoms with van der Waals surface area (Å²) < 4.78 is 52.3. The Kier molecular flexibility index (Phi) is 5.88. The topological polar surface area (TPSA) is 49.4 Å². The molecule has 1 aromatic carbocycles. The summed E-state index contributed by atoms with van der Waals surface area (Å²) in [5, 5.41) is 0. The average molecular weight is 332 g/mol. The van der Waals surface area contributed by atoms with Gasteiger partial charge in [-0.2, -0.15) is 0 Å². The van der Waals surface area contributed by atoms with Crippen LogP contribution in [-0.4, -0.2) is 39.5 Å². The van der Waals surface area contributed by atoms with Crippen molar-refractivity contribution in [3.63, 3.8) is 0 Å². The van der Waals surface area contributed by atoms with Crippen molar-refractivity contribution in [2.75, 3.05) is 26.2 Å². The third kappa shape index (κ3) is 4.72. The zero-order chi connectivity index (χ0) is 16.2. The van der Waals surface area contributed by atoms with Crippen LogP contribution in [0.15, 0.2) is 23.1 Å². The minimum absolute atomic E-state index is 0.252. The Balaban J connectivity index is 1.81. The van der Waals surface area contributed by atoms with Crippen molar-refractivity contribution in [2.45, 2.75) is 31.1 Å². The Morgan fingerprint density at radius 3 is 2.77 bits per heavy atom. The molecule has 0 radical (unpaired) electrons. The summed E-state index contributed by atoms with van der Waals surface area (Å²) in [6, 6.07) is 2.58. The zero-order valence-electron chi connectivity index (χ0n) is 12.7. The van der Waals surface area contributed by atoms with Crippen LogP contribution in [0, 0.1) is 17.6 Å². The molecule has 1 aromatic rings. The van der Waals surface area contributed by atoms with Crippen LogP contribution in [0.3, 0.4) is 0 Å². The second kappa shape index (κ2) is 7.48. The molecule has 0 unspecified atom stereocenters. The van der Waals surface area contributed by atoms with E-state index in [4.69, 9.17) is 0 Å². The molecule has 0 saturated carbocycles. The average Bonchev–Trinajstić information content (AvgIpc) is 2.46. The second-order valence-electron chi connectivity index (χ2n) is 5.88. The Hall–Kier alpha value is -1.05. The summed E-state index contributed by atoms with van der Waals surface area (Å²) in [7, 11) is -3.79. The number of nitrogens with zero attached hydrogens (tertiary/aromatic N) is 1. The lowest BCUT2D eigenvalue weighted by Crippen LogP contribution is -2.36. The molecule has 0 spiro atoms. The molecule has 0 bridgehead atoms. The number of piperidine rings is 1. The van der Waals surface area contributed by atoms with Gasteiger partial charge in [-0.25, -0.2) is 21.9 Å². The normalized spacial score (nSPS) is 20.2. The summed E-state index contributed by atoms with van der Waals surface area (Å²) in [5.41, 5.74) is 0. The molecular formula is C15H22F2N2O2S. The maximum absolute atomic E-state index is 13.1. The summed E-state index contributed by atoms with van der Waals surface area (Å²) in [6.45, 7) is 5.45. The first-order valence-electron chi connectivity index (χ1n) is 7.55. The van der Waals surface area contributed by atoms with Gasteiger partial charge in [0.15, 0.2) is 11.6 Å². The lowest BCUT2D eigenvalue weighted by molar-refractivity contribution is 0.182.